The normalized spacial score (nSPS) is 11.4. The van der Waals surface area contributed by atoms with Gasteiger partial charge in [0.05, 0.1) is 5.69 Å². The molecule has 0 N–H and O–H groups in total. The van der Waals surface area contributed by atoms with Gasteiger partial charge >= 0.3 is 0 Å². The van der Waals surface area contributed by atoms with Crippen molar-refractivity contribution in [1.29, 1.82) is 0 Å². The number of rotatable bonds is 4. The predicted molar refractivity (Wildman–Crippen MR) is 188 cm³/mol. The average molecular weight is 562 g/mol. The molecule has 8 aromatic rings. The quantitative estimate of drug-likeness (QED) is 0.195. The zero-order chi connectivity index (χ0) is 29.6. The lowest BCUT2D eigenvalue weighted by molar-refractivity contribution is 1.33. The summed E-state index contributed by atoms with van der Waals surface area (Å²) in [5.74, 6) is 0. The first kappa shape index (κ1) is 26.1. The average Bonchev–Trinajstić information content (AvgIpc) is 3.07. The van der Waals surface area contributed by atoms with E-state index in [1.807, 2.05) is 18.3 Å². The van der Waals surface area contributed by atoms with Crippen LogP contribution in [-0.2, 0) is 0 Å². The number of nitrogens with zero attached hydrogens (tertiary/aromatic N) is 1. The summed E-state index contributed by atoms with van der Waals surface area (Å²) in [5.41, 5.74) is 12.3. The molecule has 0 fully saturated rings. The van der Waals surface area contributed by atoms with Crippen molar-refractivity contribution in [2.45, 2.75) is 13.8 Å². The molecule has 208 valence electrons. The first-order valence-corrected chi connectivity index (χ1v) is 15.2. The highest BCUT2D eigenvalue weighted by molar-refractivity contribution is 6.24. The van der Waals surface area contributed by atoms with Gasteiger partial charge in [0.2, 0.25) is 0 Å². The van der Waals surface area contributed by atoms with E-state index >= 15 is 0 Å². The molecule has 0 aliphatic heterocycles. The van der Waals surface area contributed by atoms with Crippen LogP contribution in [0.5, 0.6) is 0 Å². The molecule has 0 aliphatic carbocycles. The molecule has 0 amide bonds. The number of hydrogen-bond donors (Lipinski definition) is 0. The summed E-state index contributed by atoms with van der Waals surface area (Å²) in [6, 6.07) is 52.9. The van der Waals surface area contributed by atoms with Gasteiger partial charge in [0.15, 0.2) is 0 Å². The van der Waals surface area contributed by atoms with Crippen LogP contribution in [0.2, 0.25) is 0 Å². The molecule has 0 radical (unpaired) electrons. The van der Waals surface area contributed by atoms with Gasteiger partial charge in [-0.15, -0.1) is 0 Å². The second-order valence-corrected chi connectivity index (χ2v) is 11.6. The van der Waals surface area contributed by atoms with Crippen LogP contribution < -0.4 is 0 Å². The molecule has 1 nitrogen and oxygen atoms in total. The smallest absolute Gasteiger partial charge is 0.0702 e. The van der Waals surface area contributed by atoms with E-state index in [9.17, 15) is 0 Å². The molecule has 0 saturated heterocycles. The third-order valence-electron chi connectivity index (χ3n) is 8.99. The zero-order valence-corrected chi connectivity index (χ0v) is 24.9. The molecule has 7 aromatic carbocycles. The van der Waals surface area contributed by atoms with Crippen LogP contribution in [0.15, 0.2) is 152 Å². The molecule has 8 rings (SSSR count). The summed E-state index contributed by atoms with van der Waals surface area (Å²) in [7, 11) is 0. The van der Waals surface area contributed by atoms with Crippen LogP contribution in [-0.4, -0.2) is 4.98 Å². The minimum atomic E-state index is 0.982. The van der Waals surface area contributed by atoms with Gasteiger partial charge in [0.25, 0.3) is 0 Å². The van der Waals surface area contributed by atoms with Gasteiger partial charge in [0.1, 0.15) is 0 Å². The van der Waals surface area contributed by atoms with Gasteiger partial charge in [-0.25, -0.2) is 0 Å². The van der Waals surface area contributed by atoms with Crippen LogP contribution in [0.25, 0.3) is 77.0 Å². The fourth-order valence-electron chi connectivity index (χ4n) is 7.08. The Morgan fingerprint density at radius 3 is 1.43 bits per heavy atom. The number of aryl methyl sites for hydroxylation is 2. The molecular weight excluding hydrogens is 530 g/mol. The van der Waals surface area contributed by atoms with E-state index in [2.05, 4.69) is 152 Å². The molecule has 0 saturated carbocycles. The van der Waals surface area contributed by atoms with Crippen molar-refractivity contribution in [2.24, 2.45) is 0 Å². The van der Waals surface area contributed by atoms with Gasteiger partial charge in [0, 0.05) is 11.8 Å². The Morgan fingerprint density at radius 1 is 0.364 bits per heavy atom. The maximum Gasteiger partial charge on any atom is 0.0702 e. The Morgan fingerprint density at radius 2 is 0.841 bits per heavy atom. The summed E-state index contributed by atoms with van der Waals surface area (Å²) in [6.07, 6.45) is 1.86. The number of aromatic nitrogens is 1. The zero-order valence-electron chi connectivity index (χ0n) is 24.9. The largest absolute Gasteiger partial charge is 0.256 e. The second-order valence-electron chi connectivity index (χ2n) is 11.6. The van der Waals surface area contributed by atoms with E-state index in [0.717, 1.165) is 11.3 Å². The van der Waals surface area contributed by atoms with E-state index in [0.29, 0.717) is 0 Å². The number of hydrogen-bond acceptors (Lipinski definition) is 1. The van der Waals surface area contributed by atoms with Crippen LogP contribution in [0, 0.1) is 13.8 Å². The molecular formula is C43H31N. The fourth-order valence-corrected chi connectivity index (χ4v) is 7.08. The van der Waals surface area contributed by atoms with Crippen molar-refractivity contribution >= 4 is 32.3 Å². The summed E-state index contributed by atoms with van der Waals surface area (Å²) in [5, 5.41) is 7.57. The Labute approximate surface area is 258 Å². The van der Waals surface area contributed by atoms with Crippen LogP contribution in [0.3, 0.4) is 0 Å². The van der Waals surface area contributed by atoms with Crippen molar-refractivity contribution in [3.63, 3.8) is 0 Å². The lowest BCUT2D eigenvalue weighted by Crippen LogP contribution is -1.93. The molecule has 1 heteroatoms. The highest BCUT2D eigenvalue weighted by Crippen LogP contribution is 2.46. The topological polar surface area (TPSA) is 12.9 Å². The van der Waals surface area contributed by atoms with Gasteiger partial charge < -0.3 is 0 Å². The molecule has 44 heavy (non-hydrogen) atoms. The third-order valence-corrected chi connectivity index (χ3v) is 8.99. The number of pyridine rings is 1. The summed E-state index contributed by atoms with van der Waals surface area (Å²) < 4.78 is 0. The first-order valence-electron chi connectivity index (χ1n) is 15.2. The van der Waals surface area contributed by atoms with Crippen LogP contribution >= 0.6 is 0 Å². The standard InChI is InChI=1S/C43H31N/c1-28-13-9-14-29(2)41(28)34-23-11-22-33-32(34)21-12-24-35(33)43-38-19-5-3-17-36(38)42(37-18-4-6-20-39(37)43)31-16-10-15-30(27-31)40-25-7-8-26-44-40/h3-27H,1-2H3. The van der Waals surface area contributed by atoms with Gasteiger partial charge in [-0.3, -0.25) is 4.98 Å². The summed E-state index contributed by atoms with van der Waals surface area (Å²) in [4.78, 5) is 4.63. The van der Waals surface area contributed by atoms with E-state index in [-0.39, 0.29) is 0 Å². The molecule has 0 unspecified atom stereocenters. The van der Waals surface area contributed by atoms with E-state index < -0.39 is 0 Å². The van der Waals surface area contributed by atoms with Gasteiger partial charge in [-0.1, -0.05) is 127 Å². The van der Waals surface area contributed by atoms with E-state index in [1.165, 1.54) is 76.8 Å². The summed E-state index contributed by atoms with van der Waals surface area (Å²) in [6.45, 7) is 4.43. The van der Waals surface area contributed by atoms with E-state index in [1.54, 1.807) is 0 Å². The molecule has 0 aliphatic rings. The second kappa shape index (κ2) is 10.6. The highest BCUT2D eigenvalue weighted by atomic mass is 14.7. The maximum absolute atomic E-state index is 4.63. The van der Waals surface area contributed by atoms with Crippen molar-refractivity contribution < 1.29 is 0 Å². The summed E-state index contributed by atoms with van der Waals surface area (Å²) >= 11 is 0. The Hall–Kier alpha value is -5.53. The van der Waals surface area contributed by atoms with Crippen molar-refractivity contribution in [1.82, 2.24) is 4.98 Å². The van der Waals surface area contributed by atoms with Gasteiger partial charge in [-0.2, -0.15) is 0 Å². The van der Waals surface area contributed by atoms with Crippen molar-refractivity contribution in [2.75, 3.05) is 0 Å². The van der Waals surface area contributed by atoms with Crippen LogP contribution in [0.4, 0.5) is 0 Å². The Balaban J connectivity index is 1.44. The van der Waals surface area contributed by atoms with Crippen molar-refractivity contribution in [3.05, 3.63) is 163 Å². The van der Waals surface area contributed by atoms with Crippen LogP contribution in [0.1, 0.15) is 11.1 Å². The van der Waals surface area contributed by atoms with Gasteiger partial charge in [-0.05, 0) is 109 Å². The first-order chi connectivity index (χ1) is 21.7. The molecule has 1 aromatic heterocycles. The van der Waals surface area contributed by atoms with E-state index in [4.69, 9.17) is 0 Å². The Kier molecular flexibility index (Phi) is 6.31. The third kappa shape index (κ3) is 4.20. The lowest BCUT2D eigenvalue weighted by Gasteiger charge is -2.20. The number of fused-ring (bicyclic) bond motifs is 3. The Bertz CT molecular complexity index is 2270. The molecule has 0 spiro atoms. The van der Waals surface area contributed by atoms with Crippen molar-refractivity contribution in [3.8, 4) is 44.6 Å². The molecule has 1 heterocycles. The highest BCUT2D eigenvalue weighted by Gasteiger charge is 2.19. The SMILES string of the molecule is Cc1cccc(C)c1-c1cccc2c(-c3c4ccccc4c(-c4cccc(-c5ccccn5)c4)c4ccccc34)cccc12. The monoisotopic (exact) mass is 561 g/mol. The molecule has 0 bridgehead atoms. The number of benzene rings is 7. The lowest BCUT2D eigenvalue weighted by atomic mass is 9.83. The predicted octanol–water partition coefficient (Wildman–Crippen LogP) is 11.8. The minimum Gasteiger partial charge on any atom is -0.256 e. The maximum atomic E-state index is 4.63. The fraction of sp³-hybridized carbons (Fsp3) is 0.0465. The molecule has 0 atom stereocenters. The minimum absolute atomic E-state index is 0.982.